The van der Waals surface area contributed by atoms with Gasteiger partial charge < -0.3 is 34.0 Å². The average molecular weight is 675 g/mol. The monoisotopic (exact) mass is 674 g/mol. The first kappa shape index (κ1) is 44.9. The molecule has 272 valence electrons. The van der Waals surface area contributed by atoms with Gasteiger partial charge in [0.15, 0.2) is 0 Å². The number of quaternary nitrogens is 1. The molecule has 4 atom stereocenters. The largest absolute Gasteiger partial charge is 0.756 e. The zero-order chi connectivity index (χ0) is 34.5. The fourth-order valence-electron chi connectivity index (χ4n) is 4.97. The fraction of sp³-hybridized carbons (Fsp3) is 0.861. The number of aliphatic hydroxyl groups excluding tert-OH is 2. The van der Waals surface area contributed by atoms with Crippen LogP contribution >= 0.6 is 7.82 Å². The van der Waals surface area contributed by atoms with Crippen LogP contribution < -0.4 is 10.2 Å². The average Bonchev–Trinajstić information content (AvgIpc) is 2.99. The van der Waals surface area contributed by atoms with Crippen LogP contribution in [0.25, 0.3) is 0 Å². The van der Waals surface area contributed by atoms with E-state index in [1.54, 1.807) is 0 Å². The topological polar surface area (TPSA) is 128 Å². The molecule has 0 rings (SSSR count). The number of hydrogen-bond donors (Lipinski definition) is 3. The van der Waals surface area contributed by atoms with E-state index in [0.29, 0.717) is 30.3 Å². The van der Waals surface area contributed by atoms with E-state index in [1.807, 2.05) is 21.1 Å². The molecule has 0 aromatic rings. The van der Waals surface area contributed by atoms with Gasteiger partial charge in [0.1, 0.15) is 19.3 Å². The molecule has 0 aliphatic rings. The molecule has 0 aliphatic heterocycles. The molecule has 0 fully saturated rings. The summed E-state index contributed by atoms with van der Waals surface area (Å²) in [6.07, 6.45) is 26.5. The number of nitrogens with zero attached hydrogens (tertiary/aromatic N) is 1. The minimum atomic E-state index is -4.66. The first-order valence-electron chi connectivity index (χ1n) is 18.3. The molecule has 0 bridgehead atoms. The van der Waals surface area contributed by atoms with E-state index < -0.39 is 32.7 Å². The van der Waals surface area contributed by atoms with Crippen molar-refractivity contribution in [1.82, 2.24) is 5.32 Å². The number of carbonyl (C=O) groups is 1. The second kappa shape index (κ2) is 28.9. The first-order chi connectivity index (χ1) is 21.9. The van der Waals surface area contributed by atoms with Crippen molar-refractivity contribution in [1.29, 1.82) is 0 Å². The lowest BCUT2D eigenvalue weighted by Gasteiger charge is -2.31. The summed E-state index contributed by atoms with van der Waals surface area (Å²) in [5.41, 5.74) is 0. The standard InChI is InChI=1S/C36H71N2O7P/c1-6-8-10-12-14-16-18-19-20-22-24-26-28-34(39)36(41)33(32-45-46(42,43)44-31-30-38(3,4)5)37-35(40)29-27-25-23-21-17-15-13-11-9-7-2/h14,16,20,22,33-34,36,39,41H,6-13,15,17-19,21,23-32H2,1-5H3,(H-,37,40,42,43)/b16-14+,22-20+. The number of unbranched alkanes of at least 4 members (excludes halogenated alkanes) is 14. The zero-order valence-electron chi connectivity index (χ0n) is 30.1. The summed E-state index contributed by atoms with van der Waals surface area (Å²) < 4.78 is 22.9. The molecule has 0 saturated heterocycles. The van der Waals surface area contributed by atoms with E-state index >= 15 is 0 Å². The zero-order valence-corrected chi connectivity index (χ0v) is 31.0. The molecule has 10 heteroatoms. The Morgan fingerprint density at radius 2 is 1.26 bits per heavy atom. The summed E-state index contributed by atoms with van der Waals surface area (Å²) in [5, 5.41) is 24.4. The molecule has 4 unspecified atom stereocenters. The van der Waals surface area contributed by atoms with Crippen molar-refractivity contribution in [3.05, 3.63) is 24.3 Å². The fourth-order valence-corrected chi connectivity index (χ4v) is 5.70. The number of amides is 1. The predicted octanol–water partition coefficient (Wildman–Crippen LogP) is 7.36. The Balaban J connectivity index is 4.74. The van der Waals surface area contributed by atoms with Gasteiger partial charge in [-0.15, -0.1) is 0 Å². The van der Waals surface area contributed by atoms with Gasteiger partial charge in [-0.2, -0.15) is 0 Å². The molecule has 0 aliphatic carbocycles. The number of aliphatic hydroxyl groups is 2. The molecule has 0 heterocycles. The molecular weight excluding hydrogens is 603 g/mol. The second-order valence-corrected chi connectivity index (χ2v) is 15.1. The van der Waals surface area contributed by atoms with Gasteiger partial charge in [0.2, 0.25) is 5.91 Å². The van der Waals surface area contributed by atoms with Gasteiger partial charge in [-0.1, -0.05) is 109 Å². The molecule has 3 N–H and O–H groups in total. The maximum Gasteiger partial charge on any atom is 0.268 e. The maximum absolute atomic E-state index is 12.7. The Morgan fingerprint density at radius 3 is 1.83 bits per heavy atom. The summed E-state index contributed by atoms with van der Waals surface area (Å²) in [4.78, 5) is 25.1. The Hall–Kier alpha value is -1.06. The summed E-state index contributed by atoms with van der Waals surface area (Å²) in [6.45, 7) is 4.32. The number of hydrogen-bond acceptors (Lipinski definition) is 7. The van der Waals surface area contributed by atoms with Gasteiger partial charge in [-0.3, -0.25) is 9.36 Å². The molecule has 0 aromatic carbocycles. The number of allylic oxidation sites excluding steroid dienone is 4. The lowest BCUT2D eigenvalue weighted by molar-refractivity contribution is -0.870. The number of phosphoric acid groups is 1. The molecule has 46 heavy (non-hydrogen) atoms. The predicted molar refractivity (Wildman–Crippen MR) is 188 cm³/mol. The van der Waals surface area contributed by atoms with Crippen molar-refractivity contribution in [2.45, 2.75) is 161 Å². The smallest absolute Gasteiger partial charge is 0.268 e. The molecule has 1 amide bonds. The third-order valence-electron chi connectivity index (χ3n) is 8.01. The SMILES string of the molecule is CCCCC/C=C/CC/C=C/CCCC(O)C(O)C(COP(=O)([O-])OCC[N+](C)(C)C)NC(=O)CCCCCCCCCCCC. The van der Waals surface area contributed by atoms with Crippen LogP contribution in [0.4, 0.5) is 0 Å². The third-order valence-corrected chi connectivity index (χ3v) is 8.98. The van der Waals surface area contributed by atoms with Crippen molar-refractivity contribution in [2.75, 3.05) is 40.9 Å². The molecule has 0 aromatic heterocycles. The Kier molecular flexibility index (Phi) is 28.2. The summed E-state index contributed by atoms with van der Waals surface area (Å²) >= 11 is 0. The van der Waals surface area contributed by atoms with Crippen molar-refractivity contribution < 1.29 is 38.0 Å². The van der Waals surface area contributed by atoms with E-state index in [1.165, 1.54) is 57.8 Å². The van der Waals surface area contributed by atoms with Gasteiger partial charge in [-0.25, -0.2) is 0 Å². The lowest BCUT2D eigenvalue weighted by atomic mass is 10.0. The van der Waals surface area contributed by atoms with Crippen LogP contribution in [0, 0.1) is 0 Å². The molecular formula is C36H71N2O7P. The van der Waals surface area contributed by atoms with Gasteiger partial charge in [0, 0.05) is 6.42 Å². The molecule has 9 nitrogen and oxygen atoms in total. The first-order valence-corrected chi connectivity index (χ1v) is 19.7. The molecule has 0 spiro atoms. The minimum absolute atomic E-state index is 0.0476. The van der Waals surface area contributed by atoms with E-state index in [9.17, 15) is 24.5 Å². The van der Waals surface area contributed by atoms with Gasteiger partial charge in [0.05, 0.1) is 39.9 Å². The summed E-state index contributed by atoms with van der Waals surface area (Å²) in [6, 6.07) is -1.09. The van der Waals surface area contributed by atoms with Crippen molar-refractivity contribution in [3.8, 4) is 0 Å². The highest BCUT2D eigenvalue weighted by Gasteiger charge is 2.29. The van der Waals surface area contributed by atoms with Crippen LogP contribution in [0.1, 0.15) is 142 Å². The van der Waals surface area contributed by atoms with Crippen LogP contribution in [-0.4, -0.2) is 79.8 Å². The summed E-state index contributed by atoms with van der Waals surface area (Å²) in [7, 11) is 1.09. The van der Waals surface area contributed by atoms with E-state index in [4.69, 9.17) is 9.05 Å². The second-order valence-electron chi connectivity index (χ2n) is 13.7. The van der Waals surface area contributed by atoms with Gasteiger partial charge >= 0.3 is 0 Å². The molecule has 0 radical (unpaired) electrons. The molecule has 0 saturated carbocycles. The number of likely N-dealkylation sites (N-methyl/N-ethyl adjacent to an activating group) is 1. The number of nitrogens with one attached hydrogen (secondary N) is 1. The quantitative estimate of drug-likeness (QED) is 0.0295. The Bertz CT molecular complexity index is 832. The van der Waals surface area contributed by atoms with E-state index in [-0.39, 0.29) is 18.9 Å². The van der Waals surface area contributed by atoms with Crippen molar-refractivity contribution in [3.63, 3.8) is 0 Å². The van der Waals surface area contributed by atoms with Crippen LogP contribution in [0.2, 0.25) is 0 Å². The minimum Gasteiger partial charge on any atom is -0.756 e. The highest BCUT2D eigenvalue weighted by atomic mass is 31.2. The number of phosphoric ester groups is 1. The Labute approximate surface area is 282 Å². The van der Waals surface area contributed by atoms with Crippen LogP contribution in [0.5, 0.6) is 0 Å². The van der Waals surface area contributed by atoms with Crippen molar-refractivity contribution >= 4 is 13.7 Å². The number of carbonyl (C=O) groups excluding carboxylic acids is 1. The number of rotatable bonds is 32. The Morgan fingerprint density at radius 1 is 0.761 bits per heavy atom. The van der Waals surface area contributed by atoms with Crippen molar-refractivity contribution in [2.24, 2.45) is 0 Å². The maximum atomic E-state index is 12.7. The normalized spacial score (nSPS) is 15.7. The van der Waals surface area contributed by atoms with Crippen LogP contribution in [0.3, 0.4) is 0 Å². The van der Waals surface area contributed by atoms with Gasteiger partial charge in [-0.05, 0) is 51.4 Å². The van der Waals surface area contributed by atoms with Gasteiger partial charge in [0.25, 0.3) is 7.82 Å². The lowest BCUT2D eigenvalue weighted by Crippen LogP contribution is -2.51. The van der Waals surface area contributed by atoms with Crippen LogP contribution in [0.15, 0.2) is 24.3 Å². The highest BCUT2D eigenvalue weighted by Crippen LogP contribution is 2.38. The highest BCUT2D eigenvalue weighted by molar-refractivity contribution is 7.45. The van der Waals surface area contributed by atoms with E-state index in [0.717, 1.165) is 44.9 Å². The third kappa shape index (κ3) is 29.1. The van der Waals surface area contributed by atoms with E-state index in [2.05, 4.69) is 43.5 Å². The summed E-state index contributed by atoms with van der Waals surface area (Å²) in [5.74, 6) is -0.298. The van der Waals surface area contributed by atoms with Crippen LogP contribution in [-0.2, 0) is 18.4 Å².